The van der Waals surface area contributed by atoms with Crippen LogP contribution in [0.1, 0.15) is 31.8 Å². The molecule has 0 amide bonds. The maximum absolute atomic E-state index is 12.2. The smallest absolute Gasteiger partial charge is 0.233 e. The summed E-state index contributed by atoms with van der Waals surface area (Å²) in [5, 5.41) is 0. The predicted octanol–water partition coefficient (Wildman–Crippen LogP) is 3.37. The van der Waals surface area contributed by atoms with Gasteiger partial charge < -0.3 is 5.73 Å². The summed E-state index contributed by atoms with van der Waals surface area (Å²) in [7, 11) is 0. The van der Waals surface area contributed by atoms with Crippen LogP contribution >= 0.6 is 12.4 Å². The fourth-order valence-electron chi connectivity index (χ4n) is 1.93. The Hall–Kier alpha value is -2.13. The first kappa shape index (κ1) is 15.9. The number of carbonyl (C=O) groups is 2. The van der Waals surface area contributed by atoms with Crippen LogP contribution in [-0.4, -0.2) is 11.6 Å². The molecule has 0 radical (unpaired) electrons. The minimum atomic E-state index is -0.494. The van der Waals surface area contributed by atoms with E-state index < -0.39 is 11.6 Å². The molecular weight excluding hydrogens is 274 g/mol. The van der Waals surface area contributed by atoms with Gasteiger partial charge in [-0.1, -0.05) is 30.3 Å². The van der Waals surface area contributed by atoms with Crippen molar-refractivity contribution < 1.29 is 9.59 Å². The maximum atomic E-state index is 12.2. The van der Waals surface area contributed by atoms with E-state index in [1.807, 2.05) is 6.92 Å². The molecule has 2 N–H and O–H groups in total. The van der Waals surface area contributed by atoms with Gasteiger partial charge in [0.1, 0.15) is 0 Å². The molecule has 0 saturated carbocycles. The summed E-state index contributed by atoms with van der Waals surface area (Å²) in [4.78, 5) is 24.4. The second kappa shape index (κ2) is 6.35. The van der Waals surface area contributed by atoms with Gasteiger partial charge in [-0.2, -0.15) is 0 Å². The Morgan fingerprint density at radius 1 is 0.850 bits per heavy atom. The van der Waals surface area contributed by atoms with Crippen LogP contribution in [0.25, 0.3) is 0 Å². The molecule has 2 aromatic carbocycles. The van der Waals surface area contributed by atoms with Crippen LogP contribution in [0.4, 0.5) is 5.69 Å². The van der Waals surface area contributed by atoms with Gasteiger partial charge >= 0.3 is 0 Å². The van der Waals surface area contributed by atoms with Gasteiger partial charge in [-0.3, -0.25) is 9.59 Å². The fraction of sp³-hybridized carbons (Fsp3) is 0.125. The highest BCUT2D eigenvalue weighted by Crippen LogP contribution is 2.21. The number of nitrogen functional groups attached to an aromatic ring is 1. The molecule has 20 heavy (non-hydrogen) atoms. The second-order valence-corrected chi connectivity index (χ2v) is 4.48. The molecular formula is C16H16ClNO2. The average Bonchev–Trinajstić information content (AvgIpc) is 2.44. The number of hydrogen-bond donors (Lipinski definition) is 1. The van der Waals surface area contributed by atoms with Crippen molar-refractivity contribution in [1.29, 1.82) is 0 Å². The lowest BCUT2D eigenvalue weighted by Crippen LogP contribution is -2.16. The molecule has 2 rings (SSSR count). The third kappa shape index (κ3) is 2.89. The molecule has 2 aromatic rings. The highest BCUT2D eigenvalue weighted by Gasteiger charge is 2.20. The summed E-state index contributed by atoms with van der Waals surface area (Å²) >= 11 is 0. The number of carbonyl (C=O) groups excluding carboxylic acids is 2. The van der Waals surface area contributed by atoms with E-state index in [-0.39, 0.29) is 12.4 Å². The molecule has 104 valence electrons. The predicted molar refractivity (Wildman–Crippen MR) is 82.7 cm³/mol. The van der Waals surface area contributed by atoms with E-state index >= 15 is 0 Å². The number of benzene rings is 2. The Balaban J connectivity index is 0.00000200. The van der Waals surface area contributed by atoms with Crippen LogP contribution in [-0.2, 0) is 0 Å². The minimum absolute atomic E-state index is 0. The van der Waals surface area contributed by atoms with E-state index in [0.29, 0.717) is 16.8 Å². The van der Waals surface area contributed by atoms with Gasteiger partial charge in [0.2, 0.25) is 11.6 Å². The van der Waals surface area contributed by atoms with Crippen molar-refractivity contribution in [1.82, 2.24) is 0 Å². The zero-order valence-corrected chi connectivity index (χ0v) is 12.2. The number of ketones is 2. The van der Waals surface area contributed by atoms with Gasteiger partial charge in [0.15, 0.2) is 0 Å². The van der Waals surface area contributed by atoms with Gasteiger partial charge in [-0.15, -0.1) is 12.4 Å². The summed E-state index contributed by atoms with van der Waals surface area (Å²) in [6.07, 6.45) is 0. The molecule has 3 nitrogen and oxygen atoms in total. The van der Waals surface area contributed by atoms with Crippen molar-refractivity contribution >= 4 is 29.7 Å². The number of rotatable bonds is 3. The molecule has 0 spiro atoms. The van der Waals surface area contributed by atoms with Gasteiger partial charge in [-0.25, -0.2) is 0 Å². The number of Topliss-reactive ketones (excluding diaryl/α,β-unsaturated/α-hetero) is 2. The first-order valence-corrected chi connectivity index (χ1v) is 6.02. The van der Waals surface area contributed by atoms with Crippen LogP contribution in [0.15, 0.2) is 42.5 Å². The molecule has 0 aliphatic heterocycles. The van der Waals surface area contributed by atoms with Crippen molar-refractivity contribution in [2.75, 3.05) is 5.73 Å². The Bertz CT molecular complexity index is 651. The monoisotopic (exact) mass is 289 g/mol. The lowest BCUT2D eigenvalue weighted by Gasteiger charge is -2.09. The van der Waals surface area contributed by atoms with Crippen LogP contribution in [0.2, 0.25) is 0 Å². The molecule has 0 atom stereocenters. The minimum Gasteiger partial charge on any atom is -0.399 e. The number of hydrogen-bond acceptors (Lipinski definition) is 3. The van der Waals surface area contributed by atoms with Crippen molar-refractivity contribution in [3.63, 3.8) is 0 Å². The standard InChI is InChI=1S/C16H15NO2.ClH/c1-10-11(2)14(17)9-8-13(10)16(19)15(18)12-6-4-3-5-7-12;/h3-9H,17H2,1-2H3;1H. The zero-order valence-electron chi connectivity index (χ0n) is 11.3. The highest BCUT2D eigenvalue weighted by atomic mass is 35.5. The fourth-order valence-corrected chi connectivity index (χ4v) is 1.93. The molecule has 0 aliphatic carbocycles. The number of nitrogens with two attached hydrogens (primary N) is 1. The normalized spacial score (nSPS) is 9.70. The van der Waals surface area contributed by atoms with Gasteiger partial charge in [0, 0.05) is 16.8 Å². The average molecular weight is 290 g/mol. The molecule has 0 fully saturated rings. The molecule has 0 heterocycles. The summed E-state index contributed by atoms with van der Waals surface area (Å²) in [6.45, 7) is 3.64. The summed E-state index contributed by atoms with van der Waals surface area (Å²) in [5.41, 5.74) is 8.83. The summed E-state index contributed by atoms with van der Waals surface area (Å²) in [6, 6.07) is 11.8. The van der Waals surface area contributed by atoms with Crippen molar-refractivity contribution in [3.05, 3.63) is 64.7 Å². The van der Waals surface area contributed by atoms with E-state index in [4.69, 9.17) is 5.73 Å². The van der Waals surface area contributed by atoms with Crippen molar-refractivity contribution in [2.45, 2.75) is 13.8 Å². The molecule has 0 unspecified atom stereocenters. The highest BCUT2D eigenvalue weighted by molar-refractivity contribution is 6.49. The quantitative estimate of drug-likeness (QED) is 0.535. The van der Waals surface area contributed by atoms with E-state index in [2.05, 4.69) is 0 Å². The Morgan fingerprint density at radius 3 is 2.05 bits per heavy atom. The van der Waals surface area contributed by atoms with Crippen LogP contribution in [0, 0.1) is 13.8 Å². The van der Waals surface area contributed by atoms with E-state index in [1.54, 1.807) is 49.4 Å². The van der Waals surface area contributed by atoms with Gasteiger partial charge in [0.05, 0.1) is 0 Å². The van der Waals surface area contributed by atoms with E-state index in [9.17, 15) is 9.59 Å². The topological polar surface area (TPSA) is 60.2 Å². The SMILES string of the molecule is Cc1c(N)ccc(C(=O)C(=O)c2ccccc2)c1C.Cl. The molecule has 4 heteroatoms. The van der Waals surface area contributed by atoms with Crippen LogP contribution in [0.5, 0.6) is 0 Å². The largest absolute Gasteiger partial charge is 0.399 e. The summed E-state index contributed by atoms with van der Waals surface area (Å²) in [5.74, 6) is -0.986. The molecule has 0 aliphatic rings. The third-order valence-electron chi connectivity index (χ3n) is 3.32. The van der Waals surface area contributed by atoms with Gasteiger partial charge in [0.25, 0.3) is 0 Å². The Kier molecular flexibility index (Phi) is 5.06. The van der Waals surface area contributed by atoms with Crippen LogP contribution in [0.3, 0.4) is 0 Å². The van der Waals surface area contributed by atoms with E-state index in [1.165, 1.54) is 0 Å². The Labute approximate surface area is 124 Å². The molecule has 0 saturated heterocycles. The lowest BCUT2D eigenvalue weighted by molar-refractivity contribution is 0.0816. The van der Waals surface area contributed by atoms with Crippen molar-refractivity contribution in [3.8, 4) is 0 Å². The molecule has 0 bridgehead atoms. The first-order valence-electron chi connectivity index (χ1n) is 6.02. The van der Waals surface area contributed by atoms with Crippen molar-refractivity contribution in [2.24, 2.45) is 0 Å². The van der Waals surface area contributed by atoms with E-state index in [0.717, 1.165) is 11.1 Å². The molecule has 0 aromatic heterocycles. The second-order valence-electron chi connectivity index (χ2n) is 4.48. The zero-order chi connectivity index (χ0) is 14.0. The first-order chi connectivity index (χ1) is 9.02. The third-order valence-corrected chi connectivity index (χ3v) is 3.32. The maximum Gasteiger partial charge on any atom is 0.233 e. The summed E-state index contributed by atoms with van der Waals surface area (Å²) < 4.78 is 0. The lowest BCUT2D eigenvalue weighted by atomic mass is 9.94. The Morgan fingerprint density at radius 2 is 1.45 bits per heavy atom. The van der Waals surface area contributed by atoms with Gasteiger partial charge in [-0.05, 0) is 37.1 Å². The van der Waals surface area contributed by atoms with Crippen LogP contribution < -0.4 is 5.73 Å². The number of anilines is 1. The number of halogens is 1.